The van der Waals surface area contributed by atoms with Crippen LogP contribution in [0.3, 0.4) is 0 Å². The van der Waals surface area contributed by atoms with Gasteiger partial charge in [0, 0.05) is 18.7 Å². The second-order valence-corrected chi connectivity index (χ2v) is 4.67. The lowest BCUT2D eigenvalue weighted by molar-refractivity contribution is -0.119. The molecular weight excluding hydrogens is 272 g/mol. The molecule has 110 valence electrons. The van der Waals surface area contributed by atoms with E-state index in [1.807, 2.05) is 24.3 Å². The number of carbonyl (C=O) groups excluding carboxylic acids is 1. The number of nitrogens with one attached hydrogen (secondary N) is 1. The van der Waals surface area contributed by atoms with Gasteiger partial charge in [0.25, 0.3) is 0 Å². The van der Waals surface area contributed by atoms with Crippen molar-refractivity contribution in [3.05, 3.63) is 36.2 Å². The van der Waals surface area contributed by atoms with E-state index in [1.165, 1.54) is 6.08 Å². The molecule has 1 unspecified atom stereocenters. The number of ether oxygens (including phenoxy) is 2. The van der Waals surface area contributed by atoms with E-state index < -0.39 is 0 Å². The Kier molecular flexibility index (Phi) is 4.28. The summed E-state index contributed by atoms with van der Waals surface area (Å²) in [7, 11) is 0. The number of benzene rings is 1. The first-order valence-electron chi connectivity index (χ1n) is 6.82. The summed E-state index contributed by atoms with van der Waals surface area (Å²) in [5.74, 6) is 0.190. The van der Waals surface area contributed by atoms with Crippen LogP contribution < -0.4 is 5.32 Å². The summed E-state index contributed by atoms with van der Waals surface area (Å²) in [4.78, 5) is 16.0. The maximum atomic E-state index is 11.7. The van der Waals surface area contributed by atoms with Crippen molar-refractivity contribution in [2.75, 3.05) is 26.4 Å². The molecule has 21 heavy (non-hydrogen) atoms. The van der Waals surface area contributed by atoms with Crippen LogP contribution in [0.5, 0.6) is 0 Å². The molecule has 3 rings (SSSR count). The summed E-state index contributed by atoms with van der Waals surface area (Å²) in [6.45, 7) is 2.12. The number of carbonyl (C=O) groups is 1. The van der Waals surface area contributed by atoms with E-state index in [9.17, 15) is 4.79 Å². The SMILES string of the molecule is O=C(/C=C/c1nc2ccccc2o1)NCC1COCCO1. The topological polar surface area (TPSA) is 73.6 Å². The van der Waals surface area contributed by atoms with Crippen molar-refractivity contribution in [2.45, 2.75) is 6.10 Å². The molecule has 2 aromatic rings. The van der Waals surface area contributed by atoms with E-state index in [-0.39, 0.29) is 12.0 Å². The zero-order valence-electron chi connectivity index (χ0n) is 11.5. The molecule has 1 fully saturated rings. The third-order valence-electron chi connectivity index (χ3n) is 3.08. The highest BCUT2D eigenvalue weighted by Crippen LogP contribution is 2.15. The number of hydrogen-bond donors (Lipinski definition) is 1. The van der Waals surface area contributed by atoms with Crippen LogP contribution in [0.15, 0.2) is 34.8 Å². The zero-order valence-corrected chi connectivity index (χ0v) is 11.5. The Morgan fingerprint density at radius 1 is 1.38 bits per heavy atom. The lowest BCUT2D eigenvalue weighted by atomic mass is 10.3. The second kappa shape index (κ2) is 6.51. The molecule has 2 heterocycles. The largest absolute Gasteiger partial charge is 0.437 e. The lowest BCUT2D eigenvalue weighted by Crippen LogP contribution is -2.39. The maximum absolute atomic E-state index is 11.7. The molecule has 0 saturated carbocycles. The van der Waals surface area contributed by atoms with E-state index in [0.717, 1.165) is 5.52 Å². The van der Waals surface area contributed by atoms with Crippen molar-refractivity contribution in [1.29, 1.82) is 0 Å². The molecule has 1 aromatic carbocycles. The van der Waals surface area contributed by atoms with Crippen LogP contribution in [0.1, 0.15) is 5.89 Å². The van der Waals surface area contributed by atoms with Crippen molar-refractivity contribution in [2.24, 2.45) is 0 Å². The number of amides is 1. The van der Waals surface area contributed by atoms with Gasteiger partial charge >= 0.3 is 0 Å². The first kappa shape index (κ1) is 13.8. The van der Waals surface area contributed by atoms with Gasteiger partial charge < -0.3 is 19.2 Å². The minimum Gasteiger partial charge on any atom is -0.437 e. The minimum atomic E-state index is -0.216. The summed E-state index contributed by atoms with van der Waals surface area (Å²) in [5, 5.41) is 2.76. The Labute approximate surface area is 121 Å². The fraction of sp³-hybridized carbons (Fsp3) is 0.333. The molecule has 6 nitrogen and oxygen atoms in total. The van der Waals surface area contributed by atoms with Gasteiger partial charge in [0.15, 0.2) is 5.58 Å². The number of aromatic nitrogens is 1. The molecule has 1 atom stereocenters. The highest BCUT2D eigenvalue weighted by molar-refractivity contribution is 5.91. The molecule has 1 aromatic heterocycles. The van der Waals surface area contributed by atoms with Gasteiger partial charge in [0.1, 0.15) is 5.52 Å². The van der Waals surface area contributed by atoms with Gasteiger partial charge in [0.2, 0.25) is 11.8 Å². The normalized spacial score (nSPS) is 19.1. The van der Waals surface area contributed by atoms with E-state index in [0.29, 0.717) is 37.8 Å². The smallest absolute Gasteiger partial charge is 0.244 e. The number of rotatable bonds is 4. The third-order valence-corrected chi connectivity index (χ3v) is 3.08. The van der Waals surface area contributed by atoms with Crippen LogP contribution in [0, 0.1) is 0 Å². The Hall–Kier alpha value is -2.18. The predicted molar refractivity (Wildman–Crippen MR) is 76.6 cm³/mol. The monoisotopic (exact) mass is 288 g/mol. The van der Waals surface area contributed by atoms with Crippen LogP contribution in [0.2, 0.25) is 0 Å². The second-order valence-electron chi connectivity index (χ2n) is 4.67. The highest BCUT2D eigenvalue weighted by atomic mass is 16.6. The summed E-state index contributed by atoms with van der Waals surface area (Å²) in [6.07, 6.45) is 2.86. The molecule has 0 bridgehead atoms. The van der Waals surface area contributed by atoms with E-state index in [4.69, 9.17) is 13.9 Å². The molecule has 0 radical (unpaired) electrons. The average molecular weight is 288 g/mol. The number of oxazole rings is 1. The van der Waals surface area contributed by atoms with E-state index >= 15 is 0 Å². The Bertz CT molecular complexity index is 611. The third kappa shape index (κ3) is 3.68. The summed E-state index contributed by atoms with van der Waals surface area (Å²) in [6, 6.07) is 7.45. The number of nitrogens with zero attached hydrogens (tertiary/aromatic N) is 1. The van der Waals surface area contributed by atoms with Gasteiger partial charge in [-0.3, -0.25) is 4.79 Å². The van der Waals surface area contributed by atoms with Gasteiger partial charge in [-0.1, -0.05) is 12.1 Å². The number of fused-ring (bicyclic) bond motifs is 1. The van der Waals surface area contributed by atoms with Crippen molar-refractivity contribution in [1.82, 2.24) is 10.3 Å². The minimum absolute atomic E-state index is 0.0829. The van der Waals surface area contributed by atoms with Gasteiger partial charge in [-0.05, 0) is 12.1 Å². The van der Waals surface area contributed by atoms with Gasteiger partial charge in [0.05, 0.1) is 25.9 Å². The van der Waals surface area contributed by atoms with E-state index in [1.54, 1.807) is 6.08 Å². The zero-order chi connectivity index (χ0) is 14.5. The maximum Gasteiger partial charge on any atom is 0.244 e. The van der Waals surface area contributed by atoms with Crippen LogP contribution in [0.25, 0.3) is 17.2 Å². The molecule has 1 N–H and O–H groups in total. The van der Waals surface area contributed by atoms with Crippen molar-refractivity contribution < 1.29 is 18.7 Å². The van der Waals surface area contributed by atoms with Crippen LogP contribution in [0.4, 0.5) is 0 Å². The summed E-state index contributed by atoms with van der Waals surface area (Å²) < 4.78 is 16.2. The molecular formula is C15H16N2O4. The number of para-hydroxylation sites is 2. The Balaban J connectivity index is 1.53. The fourth-order valence-corrected chi connectivity index (χ4v) is 2.04. The molecule has 0 aliphatic carbocycles. The van der Waals surface area contributed by atoms with Crippen LogP contribution in [-0.2, 0) is 14.3 Å². The first-order valence-corrected chi connectivity index (χ1v) is 6.82. The Morgan fingerprint density at radius 3 is 3.10 bits per heavy atom. The quantitative estimate of drug-likeness (QED) is 0.860. The lowest BCUT2D eigenvalue weighted by Gasteiger charge is -2.22. The fourth-order valence-electron chi connectivity index (χ4n) is 2.04. The Morgan fingerprint density at radius 2 is 2.29 bits per heavy atom. The molecule has 6 heteroatoms. The predicted octanol–water partition coefficient (Wildman–Crippen LogP) is 1.37. The molecule has 1 saturated heterocycles. The van der Waals surface area contributed by atoms with Gasteiger partial charge in [-0.25, -0.2) is 4.98 Å². The summed E-state index contributed by atoms with van der Waals surface area (Å²) >= 11 is 0. The van der Waals surface area contributed by atoms with Crippen molar-refractivity contribution in [3.63, 3.8) is 0 Å². The molecule has 1 aliphatic rings. The number of hydrogen-bond acceptors (Lipinski definition) is 5. The molecule has 1 amide bonds. The van der Waals surface area contributed by atoms with Gasteiger partial charge in [-0.15, -0.1) is 0 Å². The van der Waals surface area contributed by atoms with Gasteiger partial charge in [-0.2, -0.15) is 0 Å². The van der Waals surface area contributed by atoms with E-state index in [2.05, 4.69) is 10.3 Å². The van der Waals surface area contributed by atoms with Crippen molar-refractivity contribution >= 4 is 23.1 Å². The van der Waals surface area contributed by atoms with Crippen molar-refractivity contribution in [3.8, 4) is 0 Å². The standard InChI is InChI=1S/C15H16N2O4/c18-14(16-9-11-10-19-7-8-20-11)5-6-15-17-12-3-1-2-4-13(12)21-15/h1-6,11H,7-10H2,(H,16,18)/b6-5+. The molecule has 0 spiro atoms. The highest BCUT2D eigenvalue weighted by Gasteiger charge is 2.14. The van der Waals surface area contributed by atoms with Crippen LogP contribution >= 0.6 is 0 Å². The summed E-state index contributed by atoms with van der Waals surface area (Å²) in [5.41, 5.74) is 1.47. The molecule has 1 aliphatic heterocycles. The van der Waals surface area contributed by atoms with Crippen LogP contribution in [-0.4, -0.2) is 43.4 Å². The average Bonchev–Trinajstić information content (AvgIpc) is 2.95. The first-order chi connectivity index (χ1) is 10.3.